The van der Waals surface area contributed by atoms with Gasteiger partial charge in [0.15, 0.2) is 67.9 Å². The van der Waals surface area contributed by atoms with Crippen molar-refractivity contribution in [3.63, 3.8) is 0 Å². The zero-order valence-corrected chi connectivity index (χ0v) is 79.4. The van der Waals surface area contributed by atoms with Gasteiger partial charge in [0.1, 0.15) is 94.0 Å². The fraction of sp³-hybridized carbons (Fsp3) is 0.422. The lowest BCUT2D eigenvalue weighted by Crippen LogP contribution is -2.33. The van der Waals surface area contributed by atoms with Gasteiger partial charge in [-0.1, -0.05) is 72.8 Å². The maximum atomic E-state index is 13.2. The van der Waals surface area contributed by atoms with Gasteiger partial charge in [-0.3, -0.25) is 51.0 Å². The van der Waals surface area contributed by atoms with Crippen LogP contribution in [0.2, 0.25) is 0 Å². The molecule has 12 aromatic rings. The van der Waals surface area contributed by atoms with Crippen LogP contribution < -0.4 is 21.3 Å². The molecule has 0 spiro atoms. The average molecular weight is 1960 g/mol. The van der Waals surface area contributed by atoms with Gasteiger partial charge in [-0.15, -0.1) is 4.74 Å². The van der Waals surface area contributed by atoms with Crippen molar-refractivity contribution in [1.82, 2.24) is 78.1 Å². The number of hydrogen-bond acceptors (Lipinski definition) is 34. The first-order valence-corrected chi connectivity index (χ1v) is 47.0. The van der Waals surface area contributed by atoms with Crippen molar-refractivity contribution in [2.24, 2.45) is 9.86 Å². The number of carbonyl (C=O) groups is 6. The number of nitrogens with zero attached hydrogens (tertiary/aromatic N) is 22. The van der Waals surface area contributed by atoms with E-state index in [4.69, 9.17) is 88.4 Å². The molecule has 0 radical (unpaired) electrons. The minimum atomic E-state index is -4.16. The summed E-state index contributed by atoms with van der Waals surface area (Å²) in [6.45, 7) is 30.0. The van der Waals surface area contributed by atoms with Gasteiger partial charge in [0, 0.05) is 58.0 Å². The SMILES string of the molecule is COC(=O)N=[N+]=[N-].[C-]#[N+]CCOP(=NC(=O)OC)(OC[C@H]1O[C@@H](n2cnc3c(NC(=O)c4ccccc4)ncnc32)C[C@H]1OC(C)C)O[C@@H]1C[C@H](n2cnc3c(NC(=O)c4ccccc4)ncnc32)O[C@@H]1COC(C)C.[C-]#[N+]CCOP(OC[C@H]1O[C@@H](n2cnc3c(NC(=O)c4ccccc4)ncnc32)C[C@H]1OC(C)C)O[C@@H]1C[C@H](n2cnc3c(NC(=O)c4ccccc4)ncnc32)O[C@@H]1COC(C)C. The molecule has 4 aromatic carbocycles. The number of azide groups is 1. The maximum Gasteiger partial charge on any atom is 0.437 e. The summed E-state index contributed by atoms with van der Waals surface area (Å²) < 4.78 is 110. The minimum absolute atomic E-state index is 0.0301. The van der Waals surface area contributed by atoms with Crippen molar-refractivity contribution in [1.29, 1.82) is 0 Å². The van der Waals surface area contributed by atoms with Crippen LogP contribution in [0.4, 0.5) is 32.9 Å². The van der Waals surface area contributed by atoms with Crippen LogP contribution >= 0.6 is 16.3 Å². The number of nitrogens with one attached hydrogen (secondary N) is 4. The topological polar surface area (TPSA) is 542 Å². The molecule has 50 heteroatoms. The second-order valence-corrected chi connectivity index (χ2v) is 35.4. The van der Waals surface area contributed by atoms with Crippen molar-refractivity contribution in [3.8, 4) is 0 Å². The quantitative estimate of drug-likeness (QED) is 0.00697. The van der Waals surface area contributed by atoms with E-state index < -0.39 is 102 Å². The van der Waals surface area contributed by atoms with Crippen LogP contribution in [0.3, 0.4) is 0 Å². The molecule has 0 bridgehead atoms. The standard InChI is InChI=1S/C45H51N12O11P.C43H48N11O9P.C2H3N3O2/c1-27(2)62-21-33-32(20-36(66-33)57-26-52-38-40(48-24-50-42(38)57)54-44(59)30-15-11-8-12-16-30)68-69(55-45(60)61-6,63-18-17-46-5)64-22-34-31(65-28(3)4)19-35(67-34)56-25-51-37-39(47-23-49-41(37)56)53-43(58)29-13-9-7-10-14-29;1-26(2)57-20-32-31(19-35(61-32)54-25-50-37-39(46-23-48-41(37)54)52-43(56)29-14-10-7-11-15-29)63-64(58-17-16-44-5)59-21-33-30(60-27(3)4)18-34(62-33)53-24-49-36-38(45-22-47-40(36)53)51-42(55)28-12-8-6-9-13-28;1-7-2(6)4-5-3/h7-16,23-28,31-36H,17-22H2,1-4,6H3,(H,47,49,53,58)(H,48,50,54,59);6-15,22-27,30-35H,16-21H2,1-4H3,(H,45,47,51,55)(H,46,48,52,56);1H3/t31-,32-,33-,34-,35-,36-,69?;30-,31-,32-,33-,34-,35-,64?;/m11./s1. The Bertz CT molecular complexity index is 6430. The van der Waals surface area contributed by atoms with Crippen molar-refractivity contribution >= 4 is 120 Å². The highest BCUT2D eigenvalue weighted by Gasteiger charge is 2.48. The zero-order chi connectivity index (χ0) is 98.8. The molecule has 4 N–H and O–H groups in total. The predicted octanol–water partition coefficient (Wildman–Crippen LogP) is 14.6. The van der Waals surface area contributed by atoms with Gasteiger partial charge in [0.05, 0.1) is 109 Å². The van der Waals surface area contributed by atoms with E-state index in [1.165, 1.54) is 31.6 Å². The molecule has 48 nitrogen and oxygen atoms in total. The predicted molar refractivity (Wildman–Crippen MR) is 502 cm³/mol. The van der Waals surface area contributed by atoms with Gasteiger partial charge in [-0.25, -0.2) is 82.5 Å². The maximum absolute atomic E-state index is 13.2. The highest BCUT2D eigenvalue weighted by atomic mass is 31.2. The third-order valence-electron chi connectivity index (χ3n) is 21.3. The number of imidazole rings is 4. The van der Waals surface area contributed by atoms with Crippen molar-refractivity contribution in [2.75, 3.05) is 88.2 Å². The number of amides is 6. The molecule has 4 saturated heterocycles. The summed E-state index contributed by atoms with van der Waals surface area (Å²) in [6, 6.07) is 35.1. The van der Waals surface area contributed by atoms with Crippen LogP contribution in [0.15, 0.2) is 182 Å². The Kier molecular flexibility index (Phi) is 35.9. The van der Waals surface area contributed by atoms with Crippen molar-refractivity contribution in [3.05, 3.63) is 227 Å². The molecule has 2 unspecified atom stereocenters. The van der Waals surface area contributed by atoms with Gasteiger partial charge in [-0.2, -0.15) is 0 Å². The summed E-state index contributed by atoms with van der Waals surface area (Å²) in [6.07, 6.45) is 2.56. The molecular formula is C90H102N26O22P2. The summed E-state index contributed by atoms with van der Waals surface area (Å²) in [5, 5.41) is 13.9. The summed E-state index contributed by atoms with van der Waals surface area (Å²) >= 11 is 0. The van der Waals surface area contributed by atoms with Crippen LogP contribution in [0.25, 0.3) is 64.8 Å². The monoisotopic (exact) mass is 1960 g/mol. The van der Waals surface area contributed by atoms with Crippen LogP contribution in [-0.2, 0) is 74.5 Å². The molecule has 14 atom stereocenters. The van der Waals surface area contributed by atoms with Crippen LogP contribution in [0.5, 0.6) is 0 Å². The molecule has 4 aliphatic rings. The number of carbonyl (C=O) groups excluding carboxylic acids is 6. The van der Waals surface area contributed by atoms with Crippen LogP contribution in [-0.4, -0.2) is 254 Å². The summed E-state index contributed by atoms with van der Waals surface area (Å²) in [7, 11) is -3.92. The first kappa shape index (κ1) is 102. The molecule has 8 aromatic heterocycles. The van der Waals surface area contributed by atoms with E-state index in [9.17, 15) is 28.8 Å². The molecule has 6 amide bonds. The first-order valence-electron chi connectivity index (χ1n) is 44.4. The van der Waals surface area contributed by atoms with Crippen LogP contribution in [0, 0.1) is 13.1 Å². The second-order valence-electron chi connectivity index (χ2n) is 32.4. The van der Waals surface area contributed by atoms with E-state index in [1.54, 1.807) is 134 Å². The molecule has 0 saturated carbocycles. The van der Waals surface area contributed by atoms with Gasteiger partial charge < -0.3 is 91.9 Å². The van der Waals surface area contributed by atoms with E-state index in [0.717, 1.165) is 14.2 Å². The Labute approximate surface area is 802 Å². The number of hydrogen-bond donors (Lipinski definition) is 4. The number of fused-ring (bicyclic) bond motifs is 4. The number of aromatic nitrogens is 16. The molecule has 0 aliphatic carbocycles. The minimum Gasteiger partial charge on any atom is -0.464 e. The lowest BCUT2D eigenvalue weighted by molar-refractivity contribution is -0.0808. The smallest absolute Gasteiger partial charge is 0.437 e. The number of ether oxygens (including phenoxy) is 10. The fourth-order valence-corrected chi connectivity index (χ4v) is 18.0. The first-order chi connectivity index (χ1) is 67.9. The Morgan fingerprint density at radius 2 is 0.764 bits per heavy atom. The molecule has 16 rings (SSSR count). The molecule has 4 aliphatic heterocycles. The van der Waals surface area contributed by atoms with Gasteiger partial charge in [0.25, 0.3) is 23.6 Å². The third-order valence-corrected chi connectivity index (χ3v) is 24.5. The molecular weight excluding hydrogens is 1860 g/mol. The largest absolute Gasteiger partial charge is 0.464 e. The fourth-order valence-electron chi connectivity index (χ4n) is 15.0. The molecule has 12 heterocycles. The molecule has 734 valence electrons. The van der Waals surface area contributed by atoms with E-state index in [0.29, 0.717) is 86.2 Å². The van der Waals surface area contributed by atoms with E-state index in [-0.39, 0.29) is 130 Å². The summed E-state index contributed by atoms with van der Waals surface area (Å²) in [4.78, 5) is 137. The number of rotatable bonds is 38. The van der Waals surface area contributed by atoms with E-state index in [1.807, 2.05) is 79.7 Å². The Balaban J connectivity index is 0.000000209. The molecule has 140 heavy (non-hydrogen) atoms. The lowest BCUT2D eigenvalue weighted by Gasteiger charge is -2.29. The van der Waals surface area contributed by atoms with Crippen molar-refractivity contribution in [2.45, 2.75) is 179 Å². The lowest BCUT2D eigenvalue weighted by atomic mass is 10.2. The summed E-state index contributed by atoms with van der Waals surface area (Å²) in [5.74, 6) is -0.445. The highest BCUT2D eigenvalue weighted by Crippen LogP contribution is 2.58. The zero-order valence-electron chi connectivity index (χ0n) is 77.6. The second kappa shape index (κ2) is 49.2. The van der Waals surface area contributed by atoms with Gasteiger partial charge in [-0.05, 0) is 109 Å². The van der Waals surface area contributed by atoms with Gasteiger partial charge >= 0.3 is 28.5 Å². The van der Waals surface area contributed by atoms with Crippen molar-refractivity contribution < 1.29 is 103 Å². The van der Waals surface area contributed by atoms with Gasteiger partial charge in [0.2, 0.25) is 13.1 Å². The Hall–Kier alpha value is -13.7. The number of methoxy groups -OCH3 is 2. The van der Waals surface area contributed by atoms with E-state index >= 15 is 0 Å². The third kappa shape index (κ3) is 26.4. The molecule has 4 fully saturated rings. The highest BCUT2D eigenvalue weighted by molar-refractivity contribution is 7.51. The average Bonchev–Trinajstić information content (AvgIpc) is 1.63. The van der Waals surface area contributed by atoms with Crippen LogP contribution in [0.1, 0.15) is 147 Å². The Morgan fingerprint density at radius 3 is 1.10 bits per heavy atom. The summed E-state index contributed by atoms with van der Waals surface area (Å²) in [5.41, 5.74) is 12.5. The number of benzene rings is 4. The number of anilines is 4. The Morgan fingerprint density at radius 1 is 0.429 bits per heavy atom. The van der Waals surface area contributed by atoms with E-state index in [2.05, 4.69) is 110 Å². The normalized spacial score (nSPS) is 20.5.